The molecule has 0 heterocycles. The SMILES string of the molecule is CCC(CC)(c1ccc(CCC(O)C(C)(C)C)c(C)c1)c1ccc(-c2cccc(CC(=O)NO)c2)c(C)c1. The Morgan fingerprint density at radius 2 is 1.53 bits per heavy atom. The average Bonchev–Trinajstić information content (AvgIpc) is 2.88. The van der Waals surface area contributed by atoms with Gasteiger partial charge in [-0.15, -0.1) is 0 Å². The maximum atomic E-state index is 11.6. The molecule has 204 valence electrons. The van der Waals surface area contributed by atoms with Crippen LogP contribution in [-0.4, -0.2) is 22.3 Å². The van der Waals surface area contributed by atoms with Crippen molar-refractivity contribution in [1.82, 2.24) is 5.48 Å². The van der Waals surface area contributed by atoms with E-state index in [0.29, 0.717) is 0 Å². The molecule has 4 nitrogen and oxygen atoms in total. The third-order valence-electron chi connectivity index (χ3n) is 8.30. The molecule has 0 aliphatic carbocycles. The molecule has 1 unspecified atom stereocenters. The van der Waals surface area contributed by atoms with Gasteiger partial charge in [-0.1, -0.05) is 95.3 Å². The van der Waals surface area contributed by atoms with Crippen LogP contribution in [0.1, 0.15) is 87.3 Å². The van der Waals surface area contributed by atoms with Crippen LogP contribution in [0.2, 0.25) is 0 Å². The number of rotatable bonds is 10. The van der Waals surface area contributed by atoms with Crippen LogP contribution in [0, 0.1) is 19.3 Å². The van der Waals surface area contributed by atoms with Crippen molar-refractivity contribution in [3.63, 3.8) is 0 Å². The highest BCUT2D eigenvalue weighted by Gasteiger charge is 2.31. The molecule has 0 aromatic heterocycles. The number of benzene rings is 3. The van der Waals surface area contributed by atoms with Gasteiger partial charge in [-0.05, 0) is 89.5 Å². The van der Waals surface area contributed by atoms with E-state index in [1.165, 1.54) is 27.8 Å². The lowest BCUT2D eigenvalue weighted by molar-refractivity contribution is -0.128. The molecule has 0 bridgehead atoms. The van der Waals surface area contributed by atoms with E-state index in [1.807, 2.05) is 18.2 Å². The Kier molecular flexibility index (Phi) is 9.56. The third kappa shape index (κ3) is 6.54. The largest absolute Gasteiger partial charge is 0.393 e. The molecule has 3 aromatic rings. The molecule has 1 amide bonds. The highest BCUT2D eigenvalue weighted by atomic mass is 16.5. The summed E-state index contributed by atoms with van der Waals surface area (Å²) in [4.78, 5) is 11.6. The Labute approximate surface area is 229 Å². The van der Waals surface area contributed by atoms with Crippen molar-refractivity contribution in [2.45, 2.75) is 92.1 Å². The zero-order chi connectivity index (χ0) is 28.1. The van der Waals surface area contributed by atoms with Crippen LogP contribution in [0.5, 0.6) is 0 Å². The Morgan fingerprint density at radius 3 is 2.08 bits per heavy atom. The molecule has 4 heteroatoms. The number of aliphatic hydroxyl groups is 1. The molecular weight excluding hydrogens is 470 g/mol. The second-order valence-corrected chi connectivity index (χ2v) is 11.8. The van der Waals surface area contributed by atoms with Gasteiger partial charge in [0.25, 0.3) is 0 Å². The van der Waals surface area contributed by atoms with Crippen LogP contribution in [0.4, 0.5) is 0 Å². The quantitative estimate of drug-likeness (QED) is 0.194. The molecule has 0 aliphatic rings. The number of hydrogen-bond acceptors (Lipinski definition) is 3. The van der Waals surface area contributed by atoms with Crippen molar-refractivity contribution in [3.05, 3.63) is 94.0 Å². The Bertz CT molecular complexity index is 1250. The Balaban J connectivity index is 1.92. The number of hydrogen-bond donors (Lipinski definition) is 3. The minimum absolute atomic E-state index is 0.0848. The molecule has 0 radical (unpaired) electrons. The van der Waals surface area contributed by atoms with Crippen LogP contribution in [0.15, 0.2) is 60.7 Å². The van der Waals surface area contributed by atoms with Crippen molar-refractivity contribution >= 4 is 5.91 Å². The van der Waals surface area contributed by atoms with Gasteiger partial charge >= 0.3 is 0 Å². The van der Waals surface area contributed by atoms with E-state index >= 15 is 0 Å². The number of aryl methyl sites for hydroxylation is 3. The van der Waals surface area contributed by atoms with Gasteiger partial charge in [0.1, 0.15) is 0 Å². The predicted octanol–water partition coefficient (Wildman–Crippen LogP) is 7.46. The number of hydroxylamine groups is 1. The maximum absolute atomic E-state index is 11.6. The number of nitrogens with one attached hydrogen (secondary N) is 1. The second kappa shape index (κ2) is 12.3. The van der Waals surface area contributed by atoms with Gasteiger partial charge in [0.05, 0.1) is 12.5 Å². The lowest BCUT2D eigenvalue weighted by Gasteiger charge is -2.34. The van der Waals surface area contributed by atoms with E-state index in [9.17, 15) is 9.90 Å². The zero-order valence-corrected chi connectivity index (χ0v) is 24.2. The first kappa shape index (κ1) is 29.6. The minimum Gasteiger partial charge on any atom is -0.393 e. The lowest BCUT2D eigenvalue weighted by atomic mass is 9.69. The second-order valence-electron chi connectivity index (χ2n) is 11.8. The summed E-state index contributed by atoms with van der Waals surface area (Å²) in [5, 5.41) is 19.4. The fourth-order valence-corrected chi connectivity index (χ4v) is 5.59. The molecule has 0 aliphatic heterocycles. The van der Waals surface area contributed by atoms with Crippen LogP contribution in [0.3, 0.4) is 0 Å². The maximum Gasteiger partial charge on any atom is 0.247 e. The van der Waals surface area contributed by atoms with Crippen molar-refractivity contribution in [2.75, 3.05) is 0 Å². The number of amides is 1. The minimum atomic E-state index is -0.420. The molecule has 0 fully saturated rings. The summed E-state index contributed by atoms with van der Waals surface area (Å²) in [7, 11) is 0. The molecule has 38 heavy (non-hydrogen) atoms. The zero-order valence-electron chi connectivity index (χ0n) is 24.2. The fourth-order valence-electron chi connectivity index (χ4n) is 5.59. The van der Waals surface area contributed by atoms with Gasteiger partial charge in [0.2, 0.25) is 5.91 Å². The van der Waals surface area contributed by atoms with Gasteiger partial charge in [0, 0.05) is 5.41 Å². The predicted molar refractivity (Wildman–Crippen MR) is 157 cm³/mol. The normalized spacial score (nSPS) is 12.9. The highest BCUT2D eigenvalue weighted by molar-refractivity contribution is 5.78. The molecule has 3 N–H and O–H groups in total. The smallest absolute Gasteiger partial charge is 0.247 e. The third-order valence-corrected chi connectivity index (χ3v) is 8.30. The molecule has 0 saturated carbocycles. The topological polar surface area (TPSA) is 69.6 Å². The summed E-state index contributed by atoms with van der Waals surface area (Å²) in [5.41, 5.74) is 11.0. The lowest BCUT2D eigenvalue weighted by Crippen LogP contribution is -2.27. The standard InChI is InChI=1S/C34H45NO3/c1-8-34(9-2,28-15-13-26(23(3)19-28)14-18-31(36)33(5,6)7)29-16-17-30(24(4)20-29)27-12-10-11-25(21-27)22-32(37)35-38/h10-13,15-17,19-21,31,36,38H,8-9,14,18,22H2,1-7H3,(H,35,37). The first-order valence-corrected chi connectivity index (χ1v) is 13.9. The number of carbonyl (C=O) groups excluding carboxylic acids is 1. The first-order valence-electron chi connectivity index (χ1n) is 13.9. The monoisotopic (exact) mass is 515 g/mol. The van der Waals surface area contributed by atoms with Crippen molar-refractivity contribution in [2.24, 2.45) is 5.41 Å². The summed E-state index contributed by atoms with van der Waals surface area (Å²) in [5.74, 6) is -0.420. The summed E-state index contributed by atoms with van der Waals surface area (Å²) in [6, 6.07) is 21.6. The van der Waals surface area contributed by atoms with E-state index < -0.39 is 5.91 Å². The summed E-state index contributed by atoms with van der Waals surface area (Å²) >= 11 is 0. The average molecular weight is 516 g/mol. The van der Waals surface area contributed by atoms with Crippen LogP contribution in [-0.2, 0) is 23.1 Å². The van der Waals surface area contributed by atoms with Gasteiger partial charge < -0.3 is 5.11 Å². The molecule has 3 rings (SSSR count). The van der Waals surface area contributed by atoms with E-state index in [-0.39, 0.29) is 23.4 Å². The van der Waals surface area contributed by atoms with Crippen molar-refractivity contribution in [3.8, 4) is 11.1 Å². The van der Waals surface area contributed by atoms with Gasteiger partial charge in [-0.3, -0.25) is 10.0 Å². The molecular formula is C34H45NO3. The van der Waals surface area contributed by atoms with Crippen LogP contribution in [0.25, 0.3) is 11.1 Å². The van der Waals surface area contributed by atoms with E-state index in [0.717, 1.165) is 42.4 Å². The Hall–Kier alpha value is -2.95. The molecule has 0 spiro atoms. The molecule has 0 saturated heterocycles. The fraction of sp³-hybridized carbons (Fsp3) is 0.441. The van der Waals surface area contributed by atoms with Gasteiger partial charge in [-0.2, -0.15) is 0 Å². The molecule has 1 atom stereocenters. The first-order chi connectivity index (χ1) is 17.9. The summed E-state index contributed by atoms with van der Waals surface area (Å²) in [6.45, 7) is 15.1. The van der Waals surface area contributed by atoms with Crippen LogP contribution >= 0.6 is 0 Å². The van der Waals surface area contributed by atoms with Crippen molar-refractivity contribution in [1.29, 1.82) is 0 Å². The highest BCUT2D eigenvalue weighted by Crippen LogP contribution is 2.41. The van der Waals surface area contributed by atoms with E-state index in [4.69, 9.17) is 5.21 Å². The van der Waals surface area contributed by atoms with Crippen LogP contribution < -0.4 is 5.48 Å². The number of aliphatic hydroxyl groups excluding tert-OH is 1. The molecule has 3 aromatic carbocycles. The Morgan fingerprint density at radius 1 is 0.895 bits per heavy atom. The summed E-state index contributed by atoms with van der Waals surface area (Å²) < 4.78 is 0. The van der Waals surface area contributed by atoms with E-state index in [2.05, 4.69) is 90.9 Å². The van der Waals surface area contributed by atoms with Gasteiger partial charge in [0.15, 0.2) is 0 Å². The van der Waals surface area contributed by atoms with E-state index in [1.54, 1.807) is 5.48 Å². The van der Waals surface area contributed by atoms with Crippen molar-refractivity contribution < 1.29 is 15.1 Å². The summed E-state index contributed by atoms with van der Waals surface area (Å²) in [6.07, 6.45) is 3.46. The van der Waals surface area contributed by atoms with Gasteiger partial charge in [-0.25, -0.2) is 5.48 Å². The number of carbonyl (C=O) groups is 1.